The zero-order valence-corrected chi connectivity index (χ0v) is 19.6. The minimum absolute atomic E-state index is 0.0594. The van der Waals surface area contributed by atoms with Crippen molar-refractivity contribution in [3.63, 3.8) is 0 Å². The lowest BCUT2D eigenvalue weighted by Crippen LogP contribution is -2.40. The maximum absolute atomic E-state index is 13.4. The van der Waals surface area contributed by atoms with Gasteiger partial charge in [-0.25, -0.2) is 4.98 Å². The number of hydrogen-bond donors (Lipinski definition) is 1. The van der Waals surface area contributed by atoms with E-state index in [1.54, 1.807) is 11.3 Å². The SMILES string of the molecule is CC(C)(C)c1cc(Cl)c(O)c(CCC(=O)N2CCc3scnc3C2c2ccccc2)c1. The Morgan fingerprint density at radius 3 is 2.71 bits per heavy atom. The fourth-order valence-corrected chi connectivity index (χ4v) is 5.12. The summed E-state index contributed by atoms with van der Waals surface area (Å²) in [7, 11) is 0. The highest BCUT2D eigenvalue weighted by molar-refractivity contribution is 7.09. The van der Waals surface area contributed by atoms with E-state index < -0.39 is 0 Å². The van der Waals surface area contributed by atoms with Crippen LogP contribution in [0.1, 0.15) is 60.5 Å². The second kappa shape index (κ2) is 8.64. The Balaban J connectivity index is 1.58. The highest BCUT2D eigenvalue weighted by Gasteiger charge is 2.33. The summed E-state index contributed by atoms with van der Waals surface area (Å²) in [5.74, 6) is 0.131. The molecule has 0 saturated heterocycles. The van der Waals surface area contributed by atoms with E-state index in [1.807, 2.05) is 40.7 Å². The van der Waals surface area contributed by atoms with Gasteiger partial charge in [-0.15, -0.1) is 11.3 Å². The first kappa shape index (κ1) is 21.8. The summed E-state index contributed by atoms with van der Waals surface area (Å²) in [5, 5.41) is 10.8. The van der Waals surface area contributed by atoms with Gasteiger partial charge < -0.3 is 10.0 Å². The number of aromatic nitrogens is 1. The lowest BCUT2D eigenvalue weighted by molar-refractivity contribution is -0.133. The monoisotopic (exact) mass is 454 g/mol. The molecule has 0 fully saturated rings. The van der Waals surface area contributed by atoms with Gasteiger partial charge >= 0.3 is 0 Å². The van der Waals surface area contributed by atoms with Crippen molar-refractivity contribution in [3.05, 3.63) is 80.3 Å². The number of rotatable bonds is 4. The Kier molecular flexibility index (Phi) is 6.09. The Labute approximate surface area is 192 Å². The molecule has 0 spiro atoms. The van der Waals surface area contributed by atoms with E-state index in [0.717, 1.165) is 23.2 Å². The summed E-state index contributed by atoms with van der Waals surface area (Å²) in [6.45, 7) is 6.99. The number of benzene rings is 2. The molecule has 1 aromatic heterocycles. The summed E-state index contributed by atoms with van der Waals surface area (Å²) in [5.41, 5.74) is 5.59. The van der Waals surface area contributed by atoms with Gasteiger partial charge in [0.05, 0.1) is 16.2 Å². The van der Waals surface area contributed by atoms with E-state index in [9.17, 15) is 9.90 Å². The zero-order chi connectivity index (χ0) is 22.2. The first-order valence-corrected chi connectivity index (χ1v) is 11.8. The van der Waals surface area contributed by atoms with E-state index in [4.69, 9.17) is 11.6 Å². The van der Waals surface area contributed by atoms with Crippen LogP contribution in [0.4, 0.5) is 0 Å². The first-order valence-electron chi connectivity index (χ1n) is 10.5. The summed E-state index contributed by atoms with van der Waals surface area (Å²) in [6.07, 6.45) is 1.57. The molecule has 6 heteroatoms. The number of aromatic hydroxyl groups is 1. The molecule has 0 aliphatic carbocycles. The fraction of sp³-hybridized carbons (Fsp3) is 0.360. The molecule has 1 amide bonds. The number of phenols is 1. The van der Waals surface area contributed by atoms with Crippen LogP contribution in [0.5, 0.6) is 5.75 Å². The lowest BCUT2D eigenvalue weighted by Gasteiger charge is -2.35. The van der Waals surface area contributed by atoms with Gasteiger partial charge in [0, 0.05) is 24.3 Å². The zero-order valence-electron chi connectivity index (χ0n) is 18.1. The van der Waals surface area contributed by atoms with Gasteiger partial charge in [-0.1, -0.05) is 68.8 Å². The number of phenolic OH excluding ortho intramolecular Hbond substituents is 1. The molecule has 2 aromatic carbocycles. The van der Waals surface area contributed by atoms with Gasteiger partial charge in [-0.2, -0.15) is 0 Å². The van der Waals surface area contributed by atoms with Gasteiger partial charge in [-0.05, 0) is 34.6 Å². The molecule has 0 saturated carbocycles. The lowest BCUT2D eigenvalue weighted by atomic mass is 9.85. The van der Waals surface area contributed by atoms with E-state index in [1.165, 1.54) is 4.88 Å². The molecule has 1 unspecified atom stereocenters. The van der Waals surface area contributed by atoms with Crippen molar-refractivity contribution < 1.29 is 9.90 Å². The molecule has 31 heavy (non-hydrogen) atoms. The van der Waals surface area contributed by atoms with Crippen LogP contribution in [0.25, 0.3) is 0 Å². The summed E-state index contributed by atoms with van der Waals surface area (Å²) >= 11 is 7.94. The highest BCUT2D eigenvalue weighted by atomic mass is 35.5. The second-order valence-corrected chi connectivity index (χ2v) is 10.4. The van der Waals surface area contributed by atoms with Crippen molar-refractivity contribution in [1.82, 2.24) is 9.88 Å². The first-order chi connectivity index (χ1) is 14.8. The number of thiazole rings is 1. The van der Waals surface area contributed by atoms with Crippen LogP contribution in [0, 0.1) is 0 Å². The van der Waals surface area contributed by atoms with E-state index in [2.05, 4.69) is 37.9 Å². The Morgan fingerprint density at radius 2 is 2.00 bits per heavy atom. The number of carbonyl (C=O) groups is 1. The molecule has 1 atom stereocenters. The number of fused-ring (bicyclic) bond motifs is 1. The van der Waals surface area contributed by atoms with Gasteiger partial charge in [0.15, 0.2) is 0 Å². The van der Waals surface area contributed by atoms with E-state index in [-0.39, 0.29) is 23.1 Å². The van der Waals surface area contributed by atoms with Gasteiger partial charge in [0.25, 0.3) is 0 Å². The Hall–Kier alpha value is -2.37. The molecule has 0 radical (unpaired) electrons. The highest BCUT2D eigenvalue weighted by Crippen LogP contribution is 2.38. The van der Waals surface area contributed by atoms with Crippen LogP contribution in [0.15, 0.2) is 48.0 Å². The van der Waals surface area contributed by atoms with Crippen LogP contribution < -0.4 is 0 Å². The Bertz CT molecular complexity index is 1090. The molecule has 4 rings (SSSR count). The number of aryl methyl sites for hydroxylation is 1. The molecule has 2 heterocycles. The molecular weight excluding hydrogens is 428 g/mol. The third kappa shape index (κ3) is 4.48. The van der Waals surface area contributed by atoms with Gasteiger partial charge in [-0.3, -0.25) is 4.79 Å². The summed E-state index contributed by atoms with van der Waals surface area (Å²) < 4.78 is 0. The molecule has 4 nitrogen and oxygen atoms in total. The van der Waals surface area contributed by atoms with Crippen molar-refractivity contribution in [2.75, 3.05) is 6.54 Å². The standard InChI is InChI=1S/C25H27ClN2O2S/c1-25(2,3)18-13-17(24(30)19(26)14-18)9-10-21(29)28-12-11-20-22(27-15-31-20)23(28)16-7-5-4-6-8-16/h4-8,13-15,23,30H,9-12H2,1-3H3. The van der Waals surface area contributed by atoms with Crippen molar-refractivity contribution in [2.24, 2.45) is 0 Å². The third-order valence-corrected chi connectivity index (χ3v) is 7.07. The molecule has 0 bridgehead atoms. The maximum Gasteiger partial charge on any atom is 0.223 e. The predicted molar refractivity (Wildman–Crippen MR) is 126 cm³/mol. The smallest absolute Gasteiger partial charge is 0.223 e. The van der Waals surface area contributed by atoms with Gasteiger partial charge in [0.1, 0.15) is 11.8 Å². The molecule has 162 valence electrons. The van der Waals surface area contributed by atoms with Crippen LogP contribution in [0.3, 0.4) is 0 Å². The number of amides is 1. The average Bonchev–Trinajstić information content (AvgIpc) is 3.22. The third-order valence-electron chi connectivity index (χ3n) is 5.88. The van der Waals surface area contributed by atoms with Crippen LogP contribution in [-0.4, -0.2) is 27.4 Å². The van der Waals surface area contributed by atoms with Crippen molar-refractivity contribution >= 4 is 28.8 Å². The van der Waals surface area contributed by atoms with E-state index >= 15 is 0 Å². The van der Waals surface area contributed by atoms with Crippen LogP contribution in [-0.2, 0) is 23.1 Å². The maximum atomic E-state index is 13.4. The van der Waals surface area contributed by atoms with E-state index in [0.29, 0.717) is 30.0 Å². The largest absolute Gasteiger partial charge is 0.506 e. The molecular formula is C25H27ClN2O2S. The van der Waals surface area contributed by atoms with Crippen molar-refractivity contribution in [2.45, 2.75) is 51.5 Å². The number of nitrogens with zero attached hydrogens (tertiary/aromatic N) is 2. The summed E-state index contributed by atoms with van der Waals surface area (Å²) in [4.78, 5) is 21.1. The minimum atomic E-state index is -0.165. The normalized spacial score (nSPS) is 16.3. The summed E-state index contributed by atoms with van der Waals surface area (Å²) in [6, 6.07) is 13.7. The molecule has 1 aliphatic rings. The second-order valence-electron chi connectivity index (χ2n) is 9.03. The number of hydrogen-bond acceptors (Lipinski definition) is 4. The fourth-order valence-electron chi connectivity index (χ4n) is 4.09. The van der Waals surface area contributed by atoms with Crippen LogP contribution in [0.2, 0.25) is 5.02 Å². The topological polar surface area (TPSA) is 53.4 Å². The van der Waals surface area contributed by atoms with Crippen molar-refractivity contribution in [3.8, 4) is 5.75 Å². The van der Waals surface area contributed by atoms with Crippen molar-refractivity contribution in [1.29, 1.82) is 0 Å². The molecule has 1 aliphatic heterocycles. The molecule has 1 N–H and O–H groups in total. The van der Waals surface area contributed by atoms with Crippen LogP contribution >= 0.6 is 22.9 Å². The predicted octanol–water partition coefficient (Wildman–Crippen LogP) is 5.91. The average molecular weight is 455 g/mol. The number of carbonyl (C=O) groups excluding carboxylic acids is 1. The van der Waals surface area contributed by atoms with Gasteiger partial charge in [0.2, 0.25) is 5.91 Å². The minimum Gasteiger partial charge on any atom is -0.506 e. The number of halogens is 1. The molecule has 3 aromatic rings. The Morgan fingerprint density at radius 1 is 1.26 bits per heavy atom. The quantitative estimate of drug-likeness (QED) is 0.533.